The third-order valence-corrected chi connectivity index (χ3v) is 1.78. The lowest BCUT2D eigenvalue weighted by atomic mass is 10.3. The average Bonchev–Trinajstić information content (AvgIpc) is 2.17. The molecule has 0 saturated carbocycles. The van der Waals surface area contributed by atoms with E-state index in [0.717, 1.165) is 19.8 Å². The minimum absolute atomic E-state index is 0.691. The molecule has 0 spiro atoms. The lowest BCUT2D eigenvalue weighted by Gasteiger charge is -2.20. The van der Waals surface area contributed by atoms with Gasteiger partial charge in [0.25, 0.3) is 0 Å². The van der Waals surface area contributed by atoms with Gasteiger partial charge in [-0.05, 0) is 20.3 Å². The molecule has 0 aliphatic carbocycles. The molecule has 0 rings (SSSR count). The highest BCUT2D eigenvalue weighted by Gasteiger charge is 2.02. The van der Waals surface area contributed by atoms with Gasteiger partial charge in [0, 0.05) is 19.8 Å². The highest BCUT2D eigenvalue weighted by atomic mass is 16.5. The Morgan fingerprint density at radius 1 is 0.923 bits per heavy atom. The maximum Gasteiger partial charge on any atom is 0.101 e. The van der Waals surface area contributed by atoms with Gasteiger partial charge in [0.15, 0.2) is 0 Å². The van der Waals surface area contributed by atoms with Crippen LogP contribution in [0.1, 0.15) is 33.6 Å². The first-order chi connectivity index (χ1) is 6.35. The van der Waals surface area contributed by atoms with E-state index >= 15 is 0 Å². The number of hydrogen-bond acceptors (Lipinski definition) is 3. The predicted molar refractivity (Wildman–Crippen MR) is 54.6 cm³/mol. The topological polar surface area (TPSA) is 21.7 Å². The zero-order valence-electron chi connectivity index (χ0n) is 9.21. The second-order valence-electron chi connectivity index (χ2n) is 2.99. The van der Waals surface area contributed by atoms with E-state index < -0.39 is 0 Å². The van der Waals surface area contributed by atoms with Crippen LogP contribution in [0.5, 0.6) is 0 Å². The number of hydrogen-bond donors (Lipinski definition) is 0. The van der Waals surface area contributed by atoms with Crippen molar-refractivity contribution in [3.8, 4) is 0 Å². The van der Waals surface area contributed by atoms with Crippen molar-refractivity contribution in [2.75, 3.05) is 33.2 Å². The van der Waals surface area contributed by atoms with Gasteiger partial charge in [-0.15, -0.1) is 0 Å². The molecular weight excluding hydrogens is 166 g/mol. The molecule has 3 heteroatoms. The summed E-state index contributed by atoms with van der Waals surface area (Å²) >= 11 is 0. The monoisotopic (exact) mass is 189 g/mol. The molecule has 0 heterocycles. The maximum absolute atomic E-state index is 5.34. The first kappa shape index (κ1) is 12.9. The summed E-state index contributed by atoms with van der Waals surface area (Å²) in [4.78, 5) is 2.19. The lowest BCUT2D eigenvalue weighted by molar-refractivity contribution is -0.0393. The molecule has 0 aromatic heterocycles. The molecule has 0 aromatic rings. The third kappa shape index (κ3) is 8.22. The van der Waals surface area contributed by atoms with Crippen molar-refractivity contribution < 1.29 is 9.47 Å². The highest BCUT2D eigenvalue weighted by molar-refractivity contribution is 4.46. The Balaban J connectivity index is 3.47. The van der Waals surface area contributed by atoms with E-state index in [1.807, 2.05) is 13.8 Å². The summed E-state index contributed by atoms with van der Waals surface area (Å²) in [5.74, 6) is 0. The fourth-order valence-corrected chi connectivity index (χ4v) is 0.989. The summed E-state index contributed by atoms with van der Waals surface area (Å²) in [5, 5.41) is 0. The van der Waals surface area contributed by atoms with E-state index in [-0.39, 0.29) is 0 Å². The van der Waals surface area contributed by atoms with Gasteiger partial charge in [-0.3, -0.25) is 4.90 Å². The minimum atomic E-state index is 0.691. The zero-order valence-corrected chi connectivity index (χ0v) is 9.21. The van der Waals surface area contributed by atoms with Crippen molar-refractivity contribution in [1.29, 1.82) is 0 Å². The Labute approximate surface area is 82.0 Å². The third-order valence-electron chi connectivity index (χ3n) is 1.78. The summed E-state index contributed by atoms with van der Waals surface area (Å²) < 4.78 is 10.7. The van der Waals surface area contributed by atoms with Crippen LogP contribution in [0.3, 0.4) is 0 Å². The van der Waals surface area contributed by atoms with Crippen LogP contribution in [0.4, 0.5) is 0 Å². The van der Waals surface area contributed by atoms with E-state index in [9.17, 15) is 0 Å². The molecule has 0 unspecified atom stereocenters. The Morgan fingerprint density at radius 3 is 1.85 bits per heavy atom. The second kappa shape index (κ2) is 9.96. The van der Waals surface area contributed by atoms with E-state index in [0.29, 0.717) is 13.5 Å². The van der Waals surface area contributed by atoms with E-state index in [1.54, 1.807) is 0 Å². The van der Waals surface area contributed by atoms with Crippen LogP contribution in [0.2, 0.25) is 0 Å². The van der Waals surface area contributed by atoms with Gasteiger partial charge in [-0.2, -0.15) is 0 Å². The van der Waals surface area contributed by atoms with Crippen molar-refractivity contribution in [3.63, 3.8) is 0 Å². The average molecular weight is 189 g/mol. The Bertz CT molecular complexity index is 79.9. The minimum Gasteiger partial charge on any atom is -0.366 e. The zero-order chi connectivity index (χ0) is 9.94. The summed E-state index contributed by atoms with van der Waals surface area (Å²) in [6.07, 6.45) is 2.43. The maximum atomic E-state index is 5.34. The van der Waals surface area contributed by atoms with Crippen LogP contribution in [-0.2, 0) is 9.47 Å². The van der Waals surface area contributed by atoms with Crippen molar-refractivity contribution in [1.82, 2.24) is 4.90 Å². The van der Waals surface area contributed by atoms with Gasteiger partial charge in [-0.1, -0.05) is 13.3 Å². The van der Waals surface area contributed by atoms with Gasteiger partial charge in [0.1, 0.15) is 13.5 Å². The Hall–Kier alpha value is -0.120. The smallest absolute Gasteiger partial charge is 0.101 e. The normalized spacial score (nSPS) is 11.1. The molecule has 80 valence electrons. The van der Waals surface area contributed by atoms with Crippen LogP contribution < -0.4 is 0 Å². The summed E-state index contributed by atoms with van der Waals surface area (Å²) in [6, 6.07) is 0. The van der Waals surface area contributed by atoms with Crippen molar-refractivity contribution in [2.24, 2.45) is 0 Å². The van der Waals surface area contributed by atoms with Gasteiger partial charge >= 0.3 is 0 Å². The second-order valence-corrected chi connectivity index (χ2v) is 2.99. The molecular formula is C10H23NO2. The SMILES string of the molecule is CCCCN(COCC)COCC. The molecule has 0 bridgehead atoms. The van der Waals surface area contributed by atoms with Crippen LogP contribution in [-0.4, -0.2) is 38.1 Å². The number of nitrogens with zero attached hydrogens (tertiary/aromatic N) is 1. The molecule has 0 atom stereocenters. The fourth-order valence-electron chi connectivity index (χ4n) is 0.989. The van der Waals surface area contributed by atoms with Crippen LogP contribution >= 0.6 is 0 Å². The van der Waals surface area contributed by atoms with E-state index in [1.165, 1.54) is 12.8 Å². The van der Waals surface area contributed by atoms with E-state index in [4.69, 9.17) is 9.47 Å². The van der Waals surface area contributed by atoms with E-state index in [2.05, 4.69) is 11.8 Å². The molecule has 3 nitrogen and oxygen atoms in total. The largest absolute Gasteiger partial charge is 0.366 e. The Kier molecular flexibility index (Phi) is 9.87. The molecule has 0 aromatic carbocycles. The first-order valence-electron chi connectivity index (χ1n) is 5.22. The first-order valence-corrected chi connectivity index (χ1v) is 5.22. The summed E-state index contributed by atoms with van der Waals surface area (Å²) in [6.45, 7) is 10.2. The van der Waals surface area contributed by atoms with Gasteiger partial charge in [0.05, 0.1) is 0 Å². The molecule has 0 radical (unpaired) electrons. The Morgan fingerprint density at radius 2 is 1.46 bits per heavy atom. The summed E-state index contributed by atoms with van der Waals surface area (Å²) in [7, 11) is 0. The lowest BCUT2D eigenvalue weighted by Crippen LogP contribution is -2.30. The van der Waals surface area contributed by atoms with Crippen molar-refractivity contribution in [3.05, 3.63) is 0 Å². The number of unbranched alkanes of at least 4 members (excludes halogenated alkanes) is 1. The highest BCUT2D eigenvalue weighted by Crippen LogP contribution is 1.95. The molecule has 0 saturated heterocycles. The predicted octanol–water partition coefficient (Wildman–Crippen LogP) is 2.08. The molecule has 0 amide bonds. The van der Waals surface area contributed by atoms with Crippen LogP contribution in [0, 0.1) is 0 Å². The van der Waals surface area contributed by atoms with Gasteiger partial charge in [-0.25, -0.2) is 0 Å². The molecule has 0 fully saturated rings. The number of rotatable bonds is 9. The molecule has 0 aliphatic rings. The van der Waals surface area contributed by atoms with Gasteiger partial charge < -0.3 is 9.47 Å². The van der Waals surface area contributed by atoms with Gasteiger partial charge in [0.2, 0.25) is 0 Å². The molecule has 13 heavy (non-hydrogen) atoms. The summed E-state index contributed by atoms with van der Waals surface area (Å²) in [5.41, 5.74) is 0. The number of ether oxygens (including phenoxy) is 2. The fraction of sp³-hybridized carbons (Fsp3) is 1.00. The standard InChI is InChI=1S/C10H23NO2/c1-4-7-8-11(9-12-5-2)10-13-6-3/h4-10H2,1-3H3. The van der Waals surface area contributed by atoms with Crippen molar-refractivity contribution >= 4 is 0 Å². The van der Waals surface area contributed by atoms with Crippen LogP contribution in [0.25, 0.3) is 0 Å². The quantitative estimate of drug-likeness (QED) is 0.518. The van der Waals surface area contributed by atoms with Crippen LogP contribution in [0.15, 0.2) is 0 Å². The molecule has 0 aliphatic heterocycles. The molecule has 0 N–H and O–H groups in total. The van der Waals surface area contributed by atoms with Crippen molar-refractivity contribution in [2.45, 2.75) is 33.6 Å².